The Bertz CT molecular complexity index is 3500. The molecule has 0 saturated carbocycles. The van der Waals surface area contributed by atoms with Gasteiger partial charge >= 0.3 is 5.97 Å². The van der Waals surface area contributed by atoms with Crippen LogP contribution in [0.3, 0.4) is 0 Å². The summed E-state index contributed by atoms with van der Waals surface area (Å²) in [6, 6.07) is 15.6. The van der Waals surface area contributed by atoms with Crippen LogP contribution in [0.4, 0.5) is 0 Å². The van der Waals surface area contributed by atoms with Crippen LogP contribution in [0.25, 0.3) is 10.9 Å². The molecule has 11 amide bonds. The normalized spacial score (nSPS) is 14.8. The number of carbonyl (C=O) groups excluding carboxylic acids is 11. The van der Waals surface area contributed by atoms with E-state index in [1.165, 1.54) is 0 Å². The number of carboxylic acid groups (broad SMARTS) is 1. The maximum Gasteiger partial charge on any atom is 0.327 e. The van der Waals surface area contributed by atoms with Gasteiger partial charge in [-0.05, 0) is 86.9 Å². The van der Waals surface area contributed by atoms with E-state index in [0.717, 1.165) is 6.92 Å². The summed E-state index contributed by atoms with van der Waals surface area (Å²) >= 11 is 7.99. The number of hydrogen-bond donors (Lipinski definition) is 20. The highest BCUT2D eigenvalue weighted by Crippen LogP contribution is 2.20. The van der Waals surface area contributed by atoms with Gasteiger partial charge in [0.15, 0.2) is 0 Å². The fourth-order valence-corrected chi connectivity index (χ4v) is 10.8. The summed E-state index contributed by atoms with van der Waals surface area (Å²) in [5, 5.41) is 56.5. The number of fused-ring (bicyclic) bond motifs is 1. The first-order valence-electron chi connectivity index (χ1n) is 32.3. The molecular weight excluding hydrogens is 1320 g/mol. The number of primary amides is 1. The number of benzene rings is 4. The van der Waals surface area contributed by atoms with E-state index in [1.807, 2.05) is 0 Å². The number of aromatic amines is 1. The Hall–Kier alpha value is -9.44. The number of unbranched alkanes of at least 4 members (excludes halogenated alkanes) is 2. The number of para-hydroxylation sites is 1. The van der Waals surface area contributed by atoms with E-state index in [4.69, 9.17) is 22.9 Å². The molecule has 22 N–H and O–H groups in total. The van der Waals surface area contributed by atoms with E-state index in [1.54, 1.807) is 121 Å². The van der Waals surface area contributed by atoms with Crippen molar-refractivity contribution >= 4 is 107 Å². The van der Waals surface area contributed by atoms with Crippen molar-refractivity contribution in [3.8, 4) is 0 Å². The van der Waals surface area contributed by atoms with Gasteiger partial charge in [-0.3, -0.25) is 52.7 Å². The predicted molar refractivity (Wildman–Crippen MR) is 373 cm³/mol. The molecule has 0 aliphatic heterocycles. The molecule has 536 valence electrons. The molecule has 0 unspecified atom stereocenters. The SMILES string of the molecule is C[C@@H](O)[C@H](NC(=O)[C@H](Cc1ccccc1)NC(=O)[C@H](CCCCN)NC(=O)[C@H](Cc1c[nH]c2ccccc12)NC(=O)[C@H](Cc1ccccc1)NC(=O)[C@H](Cc1ccccc1)NC(=O)[C@H](CC(N)=O)NC(=O)[C@H](CCCCN)NC(=O)[C@@H](N)CS)C(=O)N[C@@H](CO)C(=O)N[C@@H](CS)C(=O)O. The van der Waals surface area contributed by atoms with E-state index < -0.39 is 157 Å². The lowest BCUT2D eigenvalue weighted by atomic mass is 10.00. The first-order chi connectivity index (χ1) is 47.4. The van der Waals surface area contributed by atoms with Crippen LogP contribution in [-0.4, -0.2) is 195 Å². The van der Waals surface area contributed by atoms with Gasteiger partial charge in [-0.1, -0.05) is 109 Å². The quantitative estimate of drug-likeness (QED) is 0.0137. The van der Waals surface area contributed by atoms with Crippen LogP contribution in [0.1, 0.15) is 74.1 Å². The largest absolute Gasteiger partial charge is 0.480 e. The van der Waals surface area contributed by atoms with Crippen molar-refractivity contribution in [2.75, 3.05) is 31.2 Å². The zero-order valence-electron chi connectivity index (χ0n) is 54.7. The minimum Gasteiger partial charge on any atom is -0.480 e. The number of nitrogens with one attached hydrogen (secondary N) is 11. The molecule has 5 aromatic rings. The van der Waals surface area contributed by atoms with Crippen LogP contribution < -0.4 is 76.1 Å². The number of aliphatic carboxylic acids is 1. The minimum absolute atomic E-state index is 0.0582. The Morgan fingerprint density at radius 3 is 1.22 bits per heavy atom. The third kappa shape index (κ3) is 26.4. The van der Waals surface area contributed by atoms with Crippen molar-refractivity contribution in [2.45, 2.75) is 150 Å². The number of amides is 11. The van der Waals surface area contributed by atoms with Crippen molar-refractivity contribution in [3.63, 3.8) is 0 Å². The number of H-pyrrole nitrogens is 1. The topological polar surface area (TPSA) is 506 Å². The summed E-state index contributed by atoms with van der Waals surface area (Å²) in [7, 11) is 0. The van der Waals surface area contributed by atoms with Gasteiger partial charge in [-0.15, -0.1) is 0 Å². The van der Waals surface area contributed by atoms with Gasteiger partial charge in [0.1, 0.15) is 60.4 Å². The van der Waals surface area contributed by atoms with E-state index in [0.29, 0.717) is 52.4 Å². The number of carbonyl (C=O) groups is 12. The average Bonchev–Trinajstić information content (AvgIpc) is 1.72. The highest BCUT2D eigenvalue weighted by molar-refractivity contribution is 7.80. The van der Waals surface area contributed by atoms with Gasteiger partial charge in [0.2, 0.25) is 65.0 Å². The number of aliphatic hydroxyl groups is 2. The molecule has 0 aliphatic rings. The Kier molecular flexibility index (Phi) is 33.8. The zero-order valence-corrected chi connectivity index (χ0v) is 56.5. The molecular formula is C67H91N15O15S2. The third-order valence-corrected chi connectivity index (χ3v) is 16.6. The van der Waals surface area contributed by atoms with E-state index in [9.17, 15) is 58.5 Å². The smallest absolute Gasteiger partial charge is 0.327 e. The first kappa shape index (κ1) is 80.2. The van der Waals surface area contributed by atoms with Crippen LogP contribution in [0.5, 0.6) is 0 Å². The molecule has 0 spiro atoms. The molecule has 0 fully saturated rings. The number of rotatable bonds is 43. The molecule has 1 heterocycles. The van der Waals surface area contributed by atoms with Gasteiger partial charge in [-0.25, -0.2) is 4.79 Å². The van der Waals surface area contributed by atoms with Crippen molar-refractivity contribution in [2.24, 2.45) is 22.9 Å². The Balaban J connectivity index is 1.50. The van der Waals surface area contributed by atoms with Crippen LogP contribution in [0, 0.1) is 0 Å². The Morgan fingerprint density at radius 2 is 0.808 bits per heavy atom. The maximum atomic E-state index is 15.2. The summed E-state index contributed by atoms with van der Waals surface area (Å²) in [5.41, 5.74) is 25.9. The second-order valence-corrected chi connectivity index (χ2v) is 24.4. The van der Waals surface area contributed by atoms with Gasteiger partial charge in [0.05, 0.1) is 25.2 Å². The number of aromatic nitrogens is 1. The van der Waals surface area contributed by atoms with E-state index in [2.05, 4.69) is 83.4 Å². The highest BCUT2D eigenvalue weighted by Gasteiger charge is 2.38. The molecule has 5 rings (SSSR count). The second-order valence-electron chi connectivity index (χ2n) is 23.6. The molecule has 32 heteroatoms. The molecule has 12 atom stereocenters. The Morgan fingerprint density at radius 1 is 0.444 bits per heavy atom. The van der Waals surface area contributed by atoms with Gasteiger partial charge < -0.3 is 96.4 Å². The molecule has 0 aliphatic carbocycles. The number of hydrogen-bond acceptors (Lipinski definition) is 19. The number of nitrogens with two attached hydrogens (primary N) is 4. The van der Waals surface area contributed by atoms with Crippen molar-refractivity contribution in [1.29, 1.82) is 0 Å². The van der Waals surface area contributed by atoms with Crippen LogP contribution in [0.15, 0.2) is 121 Å². The van der Waals surface area contributed by atoms with Crippen LogP contribution in [-0.2, 0) is 83.2 Å². The molecule has 30 nitrogen and oxygen atoms in total. The fraction of sp³-hybridized carbons (Fsp3) is 0.433. The molecule has 0 radical (unpaired) electrons. The molecule has 4 aromatic carbocycles. The summed E-state index contributed by atoms with van der Waals surface area (Å²) in [4.78, 5) is 170. The number of aliphatic hydroxyl groups excluding tert-OH is 2. The van der Waals surface area contributed by atoms with Gasteiger partial charge in [0.25, 0.3) is 0 Å². The molecule has 0 bridgehead atoms. The molecule has 0 saturated heterocycles. The summed E-state index contributed by atoms with van der Waals surface area (Å²) < 4.78 is 0. The monoisotopic (exact) mass is 1410 g/mol. The zero-order chi connectivity index (χ0) is 72.6. The van der Waals surface area contributed by atoms with Crippen molar-refractivity contribution in [3.05, 3.63) is 144 Å². The molecule has 1 aromatic heterocycles. The van der Waals surface area contributed by atoms with Gasteiger partial charge in [-0.2, -0.15) is 25.3 Å². The fourth-order valence-electron chi connectivity index (χ4n) is 10.4. The molecule has 99 heavy (non-hydrogen) atoms. The third-order valence-electron chi connectivity index (χ3n) is 15.9. The van der Waals surface area contributed by atoms with Crippen LogP contribution >= 0.6 is 25.3 Å². The second kappa shape index (κ2) is 41.7. The lowest BCUT2D eigenvalue weighted by Crippen LogP contribution is -2.62. The highest BCUT2D eigenvalue weighted by atomic mass is 32.1. The Labute approximate surface area is 583 Å². The number of carboxylic acids is 1. The van der Waals surface area contributed by atoms with Crippen LogP contribution in [0.2, 0.25) is 0 Å². The van der Waals surface area contributed by atoms with Crippen molar-refractivity contribution < 1.29 is 72.9 Å². The summed E-state index contributed by atoms with van der Waals surface area (Å²) in [6.07, 6.45) is -0.219. The number of thiol groups is 2. The van der Waals surface area contributed by atoms with Gasteiger partial charge in [0, 0.05) is 54.3 Å². The standard InChI is InChI=1S/C67H91N15O15S2/c1-38(84)56(66(95)80-53(35-83)65(94)81-54(37-99)67(96)97)82-64(93)50(31-41-21-9-4-10-22-41)75-59(88)47(26-14-16-28-69)74-62(91)51(32-42-34-72-45-24-12-11-23-43(42)45)78-61(90)49(30-40-19-7-3-8-20-40)76-60(89)48(29-39-17-5-2-6-18-39)77-63(92)52(33-55(71)85)79-58(87)46(25-13-15-27-68)73-57(86)44(70)36-98/h2-12,17-24,34,38,44,46-54,56,72,83-84,98-99H,13-16,25-33,35-37,68-70H2,1H3,(H2,71,85)(H,73,86)(H,74,91)(H,75,88)(H,76,89)(H,77,92)(H,78,90)(H,79,87)(H,80,95)(H,81,94)(H,82,93)(H,96,97)/t38-,44+,46+,47+,48+,49+,50+,51+,52+,53+,54+,56+/m1/s1. The van der Waals surface area contributed by atoms with E-state index >= 15 is 14.4 Å². The van der Waals surface area contributed by atoms with Crippen molar-refractivity contribution in [1.82, 2.24) is 58.2 Å². The predicted octanol–water partition coefficient (Wildman–Crippen LogP) is -2.94. The summed E-state index contributed by atoms with van der Waals surface area (Å²) in [5.74, 6) is -12.5. The lowest BCUT2D eigenvalue weighted by molar-refractivity contribution is -0.142. The lowest BCUT2D eigenvalue weighted by Gasteiger charge is -2.29. The average molecular weight is 1410 g/mol. The first-order valence-corrected chi connectivity index (χ1v) is 33.5. The summed E-state index contributed by atoms with van der Waals surface area (Å²) in [6.45, 7) is 0.566. The minimum atomic E-state index is -1.84. The maximum absolute atomic E-state index is 15.2. The van der Waals surface area contributed by atoms with E-state index in [-0.39, 0.29) is 69.5 Å².